The van der Waals surface area contributed by atoms with Gasteiger partial charge in [-0.3, -0.25) is 4.98 Å². The highest BCUT2D eigenvalue weighted by Crippen LogP contribution is 2.61. The van der Waals surface area contributed by atoms with Crippen LogP contribution in [0.3, 0.4) is 0 Å². The molecule has 0 spiro atoms. The van der Waals surface area contributed by atoms with E-state index in [0.29, 0.717) is 5.41 Å². The summed E-state index contributed by atoms with van der Waals surface area (Å²) >= 11 is 1.67. The third-order valence-electron chi connectivity index (χ3n) is 5.75. The maximum absolute atomic E-state index is 10.5. The molecule has 0 aromatic carbocycles. The summed E-state index contributed by atoms with van der Waals surface area (Å²) in [5.74, 6) is 2.96. The molecule has 1 unspecified atom stereocenters. The van der Waals surface area contributed by atoms with Gasteiger partial charge in [-0.05, 0) is 68.1 Å². The molecule has 4 fully saturated rings. The molecule has 1 heterocycles. The maximum Gasteiger partial charge on any atom is 0.0794 e. The Bertz CT molecular complexity index is 406. The van der Waals surface area contributed by atoms with Gasteiger partial charge >= 0.3 is 0 Å². The van der Waals surface area contributed by atoms with Crippen molar-refractivity contribution in [1.29, 1.82) is 0 Å². The lowest BCUT2D eigenvalue weighted by atomic mass is 9.48. The van der Waals surface area contributed by atoms with Gasteiger partial charge in [0, 0.05) is 17.5 Å². The highest BCUT2D eigenvalue weighted by atomic mass is 32.1. The first-order chi connectivity index (χ1) is 9.21. The second-order valence-electron chi connectivity index (χ2n) is 7.45. The summed E-state index contributed by atoms with van der Waals surface area (Å²) in [6, 6.07) is 0. The molecule has 1 aromatic heterocycles. The van der Waals surface area contributed by atoms with Crippen molar-refractivity contribution in [3.8, 4) is 0 Å². The fraction of sp³-hybridized carbons (Fsp3) is 0.812. The van der Waals surface area contributed by atoms with Crippen molar-refractivity contribution in [3.05, 3.63) is 16.6 Å². The Morgan fingerprint density at radius 1 is 1.21 bits per heavy atom. The van der Waals surface area contributed by atoms with E-state index in [1.54, 1.807) is 11.3 Å². The van der Waals surface area contributed by atoms with Gasteiger partial charge in [0.1, 0.15) is 0 Å². The number of hydrogen-bond donors (Lipinski definition) is 1. The molecule has 3 heteroatoms. The van der Waals surface area contributed by atoms with Crippen molar-refractivity contribution in [3.63, 3.8) is 0 Å². The first kappa shape index (κ1) is 12.3. The average molecular weight is 277 g/mol. The van der Waals surface area contributed by atoms with Gasteiger partial charge in [0.25, 0.3) is 0 Å². The van der Waals surface area contributed by atoms with Crippen molar-refractivity contribution in [2.24, 2.45) is 23.2 Å². The molecule has 4 aliphatic rings. The zero-order valence-corrected chi connectivity index (χ0v) is 12.2. The number of aromatic nitrogens is 1. The van der Waals surface area contributed by atoms with Crippen LogP contribution in [-0.2, 0) is 6.42 Å². The minimum Gasteiger partial charge on any atom is -0.393 e. The Labute approximate surface area is 119 Å². The molecule has 104 valence electrons. The smallest absolute Gasteiger partial charge is 0.0794 e. The van der Waals surface area contributed by atoms with E-state index < -0.39 is 0 Å². The lowest BCUT2D eigenvalue weighted by Crippen LogP contribution is -2.47. The van der Waals surface area contributed by atoms with Gasteiger partial charge in [-0.25, -0.2) is 0 Å². The number of aliphatic hydroxyl groups is 1. The largest absolute Gasteiger partial charge is 0.393 e. The summed E-state index contributed by atoms with van der Waals surface area (Å²) in [7, 11) is 0. The van der Waals surface area contributed by atoms with Crippen LogP contribution >= 0.6 is 11.3 Å². The highest BCUT2D eigenvalue weighted by molar-refractivity contribution is 7.09. The number of nitrogens with zero attached hydrogens (tertiary/aromatic N) is 1. The Hall–Kier alpha value is -0.410. The van der Waals surface area contributed by atoms with E-state index in [9.17, 15) is 5.11 Å². The lowest BCUT2D eigenvalue weighted by molar-refractivity contribution is -0.0755. The summed E-state index contributed by atoms with van der Waals surface area (Å²) in [6.07, 6.45) is 12.3. The average Bonchev–Trinajstić information content (AvgIpc) is 2.78. The molecule has 4 saturated carbocycles. The third kappa shape index (κ3) is 2.36. The summed E-state index contributed by atoms with van der Waals surface area (Å²) in [5, 5.41) is 10.5. The lowest BCUT2D eigenvalue weighted by Gasteiger charge is -2.57. The standard InChI is InChI=1S/C16H23NOS/c18-14(4-15-9-17-10-19-15)8-16-5-11-1-12(6-16)3-13(2-11)7-16/h9-14,18H,1-8H2. The number of hydrogen-bond acceptors (Lipinski definition) is 3. The molecule has 1 N–H and O–H groups in total. The van der Waals surface area contributed by atoms with E-state index in [2.05, 4.69) is 4.98 Å². The quantitative estimate of drug-likeness (QED) is 0.911. The zero-order valence-electron chi connectivity index (χ0n) is 11.4. The van der Waals surface area contributed by atoms with E-state index in [1.807, 2.05) is 11.7 Å². The van der Waals surface area contributed by atoms with Gasteiger partial charge in [0.15, 0.2) is 0 Å². The topological polar surface area (TPSA) is 33.1 Å². The molecule has 5 rings (SSSR count). The van der Waals surface area contributed by atoms with Gasteiger partial charge in [0.05, 0.1) is 11.6 Å². The van der Waals surface area contributed by atoms with Crippen LogP contribution in [0, 0.1) is 23.2 Å². The monoisotopic (exact) mass is 277 g/mol. The maximum atomic E-state index is 10.5. The second kappa shape index (κ2) is 4.56. The number of aliphatic hydroxyl groups excluding tert-OH is 1. The normalized spacial score (nSPS) is 41.6. The van der Waals surface area contributed by atoms with E-state index >= 15 is 0 Å². The Morgan fingerprint density at radius 3 is 2.37 bits per heavy atom. The van der Waals surface area contributed by atoms with Crippen LogP contribution in [-0.4, -0.2) is 16.2 Å². The van der Waals surface area contributed by atoms with Crippen molar-refractivity contribution in [1.82, 2.24) is 4.98 Å². The van der Waals surface area contributed by atoms with Gasteiger partial charge in [-0.15, -0.1) is 11.3 Å². The van der Waals surface area contributed by atoms with Gasteiger partial charge in [-0.1, -0.05) is 0 Å². The fourth-order valence-corrected chi connectivity index (χ4v) is 6.35. The number of rotatable bonds is 4. The first-order valence-electron chi connectivity index (χ1n) is 7.76. The second-order valence-corrected chi connectivity index (χ2v) is 8.42. The van der Waals surface area contributed by atoms with Crippen LogP contribution in [0.25, 0.3) is 0 Å². The van der Waals surface area contributed by atoms with E-state index in [4.69, 9.17) is 0 Å². The highest BCUT2D eigenvalue weighted by Gasteiger charge is 2.51. The van der Waals surface area contributed by atoms with Crippen LogP contribution in [0.4, 0.5) is 0 Å². The molecule has 1 atom stereocenters. The van der Waals surface area contributed by atoms with Crippen molar-refractivity contribution in [2.45, 2.75) is 57.5 Å². The number of thiazole rings is 1. The van der Waals surface area contributed by atoms with Crippen LogP contribution in [0.5, 0.6) is 0 Å². The molecule has 0 radical (unpaired) electrons. The fourth-order valence-electron chi connectivity index (χ4n) is 5.69. The summed E-state index contributed by atoms with van der Waals surface area (Å²) in [5.41, 5.74) is 2.37. The van der Waals surface area contributed by atoms with Gasteiger partial charge < -0.3 is 5.11 Å². The van der Waals surface area contributed by atoms with Gasteiger partial charge in [-0.2, -0.15) is 0 Å². The Balaban J connectivity index is 1.44. The summed E-state index contributed by atoms with van der Waals surface area (Å²) in [6.45, 7) is 0. The molecule has 0 saturated heterocycles. The Morgan fingerprint density at radius 2 is 1.84 bits per heavy atom. The molecule has 4 aliphatic carbocycles. The molecule has 0 aliphatic heterocycles. The van der Waals surface area contributed by atoms with Crippen LogP contribution in [0.2, 0.25) is 0 Å². The van der Waals surface area contributed by atoms with Gasteiger partial charge in [0.2, 0.25) is 0 Å². The van der Waals surface area contributed by atoms with Crippen molar-refractivity contribution >= 4 is 11.3 Å². The Kier molecular flexibility index (Phi) is 2.96. The van der Waals surface area contributed by atoms with E-state index in [-0.39, 0.29) is 6.10 Å². The third-order valence-corrected chi connectivity index (χ3v) is 6.56. The summed E-state index contributed by atoms with van der Waals surface area (Å²) < 4.78 is 0. The minimum absolute atomic E-state index is 0.156. The molecule has 0 amide bonds. The predicted octanol–water partition coefficient (Wildman–Crippen LogP) is 3.65. The van der Waals surface area contributed by atoms with E-state index in [1.165, 1.54) is 43.4 Å². The van der Waals surface area contributed by atoms with Crippen molar-refractivity contribution in [2.75, 3.05) is 0 Å². The molecule has 1 aromatic rings. The van der Waals surface area contributed by atoms with Crippen LogP contribution < -0.4 is 0 Å². The molecule has 4 bridgehead atoms. The molecule has 2 nitrogen and oxygen atoms in total. The van der Waals surface area contributed by atoms with Crippen molar-refractivity contribution < 1.29 is 5.11 Å². The SMILES string of the molecule is OC(Cc1cncs1)CC12CC3CC(CC(C3)C1)C2. The predicted molar refractivity (Wildman–Crippen MR) is 77.0 cm³/mol. The molecular formula is C16H23NOS. The van der Waals surface area contributed by atoms with E-state index in [0.717, 1.165) is 30.6 Å². The van der Waals surface area contributed by atoms with Crippen LogP contribution in [0.15, 0.2) is 11.7 Å². The summed E-state index contributed by atoms with van der Waals surface area (Å²) in [4.78, 5) is 5.34. The zero-order chi connectivity index (χ0) is 12.9. The molecular weight excluding hydrogens is 254 g/mol. The van der Waals surface area contributed by atoms with Crippen LogP contribution in [0.1, 0.15) is 49.8 Å². The minimum atomic E-state index is -0.156. The first-order valence-corrected chi connectivity index (χ1v) is 8.64. The molecule has 19 heavy (non-hydrogen) atoms.